The minimum atomic E-state index is -0.0351. The summed E-state index contributed by atoms with van der Waals surface area (Å²) in [5, 5.41) is 2.93. The molecular weight excluding hydrogens is 256 g/mol. The SMILES string of the molecule is CSc1ccccc1NC(=O)Cc1cccc(N)c1. The second-order valence-corrected chi connectivity index (χ2v) is 5.02. The van der Waals surface area contributed by atoms with Crippen molar-refractivity contribution in [2.45, 2.75) is 11.3 Å². The van der Waals surface area contributed by atoms with Gasteiger partial charge in [0.15, 0.2) is 0 Å². The number of nitrogen functional groups attached to an aromatic ring is 1. The predicted octanol–water partition coefficient (Wildman–Crippen LogP) is 3.17. The van der Waals surface area contributed by atoms with Gasteiger partial charge >= 0.3 is 0 Å². The third-order valence-corrected chi connectivity index (χ3v) is 3.49. The highest BCUT2D eigenvalue weighted by Crippen LogP contribution is 2.24. The lowest BCUT2D eigenvalue weighted by Crippen LogP contribution is -2.15. The molecule has 98 valence electrons. The molecule has 3 N–H and O–H groups in total. The zero-order valence-electron chi connectivity index (χ0n) is 10.7. The van der Waals surface area contributed by atoms with E-state index in [0.717, 1.165) is 16.1 Å². The number of amides is 1. The van der Waals surface area contributed by atoms with Crippen LogP contribution >= 0.6 is 11.8 Å². The van der Waals surface area contributed by atoms with Crippen molar-refractivity contribution in [3.05, 3.63) is 54.1 Å². The van der Waals surface area contributed by atoms with Gasteiger partial charge in [-0.1, -0.05) is 24.3 Å². The topological polar surface area (TPSA) is 55.1 Å². The minimum Gasteiger partial charge on any atom is -0.399 e. The molecule has 0 aliphatic carbocycles. The fraction of sp³-hybridized carbons (Fsp3) is 0.133. The molecule has 0 bridgehead atoms. The summed E-state index contributed by atoms with van der Waals surface area (Å²) in [5.74, 6) is -0.0351. The van der Waals surface area contributed by atoms with Crippen molar-refractivity contribution in [2.24, 2.45) is 0 Å². The molecule has 0 aliphatic heterocycles. The van der Waals surface area contributed by atoms with Gasteiger partial charge in [-0.05, 0) is 36.1 Å². The van der Waals surface area contributed by atoms with Gasteiger partial charge in [-0.15, -0.1) is 11.8 Å². The third kappa shape index (κ3) is 3.76. The maximum atomic E-state index is 12.0. The van der Waals surface area contributed by atoms with Gasteiger partial charge in [0.2, 0.25) is 5.91 Å². The Labute approximate surface area is 117 Å². The first-order valence-corrected chi connectivity index (χ1v) is 7.19. The highest BCUT2D eigenvalue weighted by Gasteiger charge is 2.07. The Hall–Kier alpha value is -1.94. The number of para-hydroxylation sites is 1. The summed E-state index contributed by atoms with van der Waals surface area (Å²) in [5.41, 5.74) is 8.14. The monoisotopic (exact) mass is 272 g/mol. The zero-order valence-corrected chi connectivity index (χ0v) is 11.5. The molecule has 0 heterocycles. The van der Waals surface area contributed by atoms with Crippen molar-refractivity contribution in [3.63, 3.8) is 0 Å². The van der Waals surface area contributed by atoms with E-state index in [4.69, 9.17) is 5.73 Å². The molecule has 0 fully saturated rings. The lowest BCUT2D eigenvalue weighted by atomic mass is 10.1. The molecule has 0 aliphatic rings. The van der Waals surface area contributed by atoms with E-state index in [9.17, 15) is 4.79 Å². The lowest BCUT2D eigenvalue weighted by Gasteiger charge is -2.09. The molecule has 1 amide bonds. The van der Waals surface area contributed by atoms with Crippen LogP contribution in [0.5, 0.6) is 0 Å². The first-order valence-electron chi connectivity index (χ1n) is 5.96. The van der Waals surface area contributed by atoms with E-state index >= 15 is 0 Å². The van der Waals surface area contributed by atoms with Gasteiger partial charge in [-0.3, -0.25) is 4.79 Å². The molecule has 0 aromatic heterocycles. The minimum absolute atomic E-state index is 0.0351. The number of benzene rings is 2. The number of thioether (sulfide) groups is 1. The van der Waals surface area contributed by atoms with E-state index in [1.807, 2.05) is 54.8 Å². The van der Waals surface area contributed by atoms with Gasteiger partial charge in [0.05, 0.1) is 12.1 Å². The van der Waals surface area contributed by atoms with E-state index in [1.165, 1.54) is 0 Å². The maximum absolute atomic E-state index is 12.0. The molecule has 0 atom stereocenters. The molecular formula is C15H16N2OS. The van der Waals surface area contributed by atoms with Crippen molar-refractivity contribution in [3.8, 4) is 0 Å². The van der Waals surface area contributed by atoms with Crippen LogP contribution in [0.2, 0.25) is 0 Å². The Balaban J connectivity index is 2.05. The van der Waals surface area contributed by atoms with Crippen LogP contribution in [0.1, 0.15) is 5.56 Å². The predicted molar refractivity (Wildman–Crippen MR) is 81.4 cm³/mol. The van der Waals surface area contributed by atoms with Gasteiger partial charge in [0.25, 0.3) is 0 Å². The smallest absolute Gasteiger partial charge is 0.228 e. The number of hydrogen-bond acceptors (Lipinski definition) is 3. The van der Waals surface area contributed by atoms with Crippen LogP contribution in [0, 0.1) is 0 Å². The van der Waals surface area contributed by atoms with Gasteiger partial charge in [-0.2, -0.15) is 0 Å². The Morgan fingerprint density at radius 2 is 2.00 bits per heavy atom. The first kappa shape index (κ1) is 13.5. The molecule has 0 unspecified atom stereocenters. The van der Waals surface area contributed by atoms with E-state index in [1.54, 1.807) is 11.8 Å². The second kappa shape index (κ2) is 6.29. The summed E-state index contributed by atoms with van der Waals surface area (Å²) < 4.78 is 0. The van der Waals surface area contributed by atoms with E-state index < -0.39 is 0 Å². The first-order chi connectivity index (χ1) is 9.19. The normalized spacial score (nSPS) is 10.2. The number of anilines is 2. The number of nitrogens with one attached hydrogen (secondary N) is 1. The van der Waals surface area contributed by atoms with Crippen molar-refractivity contribution >= 4 is 29.0 Å². The molecule has 2 aromatic carbocycles. The van der Waals surface area contributed by atoms with Crippen molar-refractivity contribution < 1.29 is 4.79 Å². The summed E-state index contributed by atoms with van der Waals surface area (Å²) in [7, 11) is 0. The van der Waals surface area contributed by atoms with Crippen LogP contribution in [-0.2, 0) is 11.2 Å². The van der Waals surface area contributed by atoms with Crippen LogP contribution in [0.4, 0.5) is 11.4 Å². The Morgan fingerprint density at radius 1 is 1.21 bits per heavy atom. The van der Waals surface area contributed by atoms with Gasteiger partial charge < -0.3 is 11.1 Å². The van der Waals surface area contributed by atoms with E-state index in [2.05, 4.69) is 5.32 Å². The molecule has 19 heavy (non-hydrogen) atoms. The molecule has 0 spiro atoms. The number of hydrogen-bond donors (Lipinski definition) is 2. The molecule has 4 heteroatoms. The maximum Gasteiger partial charge on any atom is 0.228 e. The Bertz CT molecular complexity index is 584. The van der Waals surface area contributed by atoms with Crippen molar-refractivity contribution in [1.29, 1.82) is 0 Å². The number of rotatable bonds is 4. The van der Waals surface area contributed by atoms with Gasteiger partial charge in [-0.25, -0.2) is 0 Å². The lowest BCUT2D eigenvalue weighted by molar-refractivity contribution is -0.115. The van der Waals surface area contributed by atoms with Gasteiger partial charge in [0, 0.05) is 10.6 Å². The Kier molecular flexibility index (Phi) is 4.47. The largest absolute Gasteiger partial charge is 0.399 e. The fourth-order valence-corrected chi connectivity index (χ4v) is 2.38. The summed E-state index contributed by atoms with van der Waals surface area (Å²) in [6, 6.07) is 15.1. The average Bonchev–Trinajstić information content (AvgIpc) is 2.39. The molecule has 0 radical (unpaired) electrons. The summed E-state index contributed by atoms with van der Waals surface area (Å²) >= 11 is 1.61. The second-order valence-electron chi connectivity index (χ2n) is 4.17. The molecule has 0 saturated carbocycles. The molecule has 2 rings (SSSR count). The van der Waals surface area contributed by atoms with Crippen molar-refractivity contribution in [2.75, 3.05) is 17.3 Å². The average molecular weight is 272 g/mol. The summed E-state index contributed by atoms with van der Waals surface area (Å²) in [6.45, 7) is 0. The third-order valence-electron chi connectivity index (χ3n) is 2.70. The number of carbonyl (C=O) groups excluding carboxylic acids is 1. The zero-order chi connectivity index (χ0) is 13.7. The quantitative estimate of drug-likeness (QED) is 0.664. The van der Waals surface area contributed by atoms with Gasteiger partial charge in [0.1, 0.15) is 0 Å². The van der Waals surface area contributed by atoms with Crippen LogP contribution in [0.25, 0.3) is 0 Å². The number of nitrogens with two attached hydrogens (primary N) is 1. The standard InChI is InChI=1S/C15H16N2OS/c1-19-14-8-3-2-7-13(14)17-15(18)10-11-5-4-6-12(16)9-11/h2-9H,10,16H2,1H3,(H,17,18). The fourth-order valence-electron chi connectivity index (χ4n) is 1.83. The van der Waals surface area contributed by atoms with E-state index in [-0.39, 0.29) is 5.91 Å². The molecule has 3 nitrogen and oxygen atoms in total. The van der Waals surface area contributed by atoms with Crippen LogP contribution in [0.15, 0.2) is 53.4 Å². The Morgan fingerprint density at radius 3 is 2.74 bits per heavy atom. The number of carbonyl (C=O) groups is 1. The van der Waals surface area contributed by atoms with E-state index in [0.29, 0.717) is 12.1 Å². The highest BCUT2D eigenvalue weighted by atomic mass is 32.2. The highest BCUT2D eigenvalue weighted by molar-refractivity contribution is 7.98. The summed E-state index contributed by atoms with van der Waals surface area (Å²) in [4.78, 5) is 13.1. The molecule has 0 saturated heterocycles. The van der Waals surface area contributed by atoms with Crippen molar-refractivity contribution in [1.82, 2.24) is 0 Å². The van der Waals surface area contributed by atoms with Crippen LogP contribution in [0.3, 0.4) is 0 Å². The van der Waals surface area contributed by atoms with Crippen LogP contribution in [-0.4, -0.2) is 12.2 Å². The van der Waals surface area contributed by atoms with Crippen LogP contribution < -0.4 is 11.1 Å². The molecule has 2 aromatic rings. The summed E-state index contributed by atoms with van der Waals surface area (Å²) in [6.07, 6.45) is 2.32.